The van der Waals surface area contributed by atoms with Crippen LogP contribution in [-0.4, -0.2) is 26.9 Å². The second-order valence-corrected chi connectivity index (χ2v) is 6.94. The van der Waals surface area contributed by atoms with Crippen LogP contribution in [0.2, 0.25) is 0 Å². The highest BCUT2D eigenvalue weighted by Gasteiger charge is 2.16. The van der Waals surface area contributed by atoms with E-state index in [0.717, 1.165) is 17.8 Å². The molecule has 8 nitrogen and oxygen atoms in total. The van der Waals surface area contributed by atoms with Gasteiger partial charge in [0.25, 0.3) is 5.91 Å². The number of primary amides is 1. The molecular formula is C19H16FN5O3S. The molecule has 148 valence electrons. The number of nitrogens with zero attached hydrogens (tertiary/aromatic N) is 2. The van der Waals surface area contributed by atoms with E-state index in [-0.39, 0.29) is 18.1 Å². The number of aromatic nitrogens is 2. The predicted octanol–water partition coefficient (Wildman–Crippen LogP) is 2.08. The van der Waals surface area contributed by atoms with Gasteiger partial charge in [-0.25, -0.2) is 14.4 Å². The number of phenolic OH excluding ortho intramolecular Hbond substituents is 1. The average Bonchev–Trinajstić information content (AvgIpc) is 2.70. The maximum atomic E-state index is 13.4. The minimum atomic E-state index is -0.789. The third kappa shape index (κ3) is 4.79. The molecule has 2 amide bonds. The Morgan fingerprint density at radius 1 is 1.21 bits per heavy atom. The maximum absolute atomic E-state index is 13.4. The van der Waals surface area contributed by atoms with Crippen molar-refractivity contribution in [3.63, 3.8) is 0 Å². The number of nitrogen functional groups attached to an aromatic ring is 1. The van der Waals surface area contributed by atoms with Crippen molar-refractivity contribution in [3.8, 4) is 5.75 Å². The minimum Gasteiger partial charge on any atom is -0.505 e. The summed E-state index contributed by atoms with van der Waals surface area (Å²) in [4.78, 5) is 32.7. The van der Waals surface area contributed by atoms with E-state index in [2.05, 4.69) is 15.3 Å². The normalized spacial score (nSPS) is 10.5. The van der Waals surface area contributed by atoms with Gasteiger partial charge in [0.1, 0.15) is 5.03 Å². The molecule has 6 N–H and O–H groups in total. The van der Waals surface area contributed by atoms with Crippen LogP contribution in [0.3, 0.4) is 0 Å². The monoisotopic (exact) mass is 413 g/mol. The number of benzene rings is 2. The van der Waals surface area contributed by atoms with Gasteiger partial charge in [0.05, 0.1) is 11.8 Å². The number of nitrogens with two attached hydrogens (primary N) is 2. The molecule has 3 aromatic rings. The molecular weight excluding hydrogens is 397 g/mol. The van der Waals surface area contributed by atoms with Gasteiger partial charge >= 0.3 is 0 Å². The summed E-state index contributed by atoms with van der Waals surface area (Å²) in [7, 11) is 0. The number of nitrogens with one attached hydrogen (secondary N) is 1. The summed E-state index contributed by atoms with van der Waals surface area (Å²) in [6.45, 7) is -0.000960. The Balaban J connectivity index is 1.77. The lowest BCUT2D eigenvalue weighted by Gasteiger charge is -2.09. The van der Waals surface area contributed by atoms with Crippen LogP contribution in [0, 0.1) is 5.82 Å². The highest BCUT2D eigenvalue weighted by atomic mass is 32.2. The van der Waals surface area contributed by atoms with Gasteiger partial charge < -0.3 is 21.9 Å². The molecule has 10 heteroatoms. The summed E-state index contributed by atoms with van der Waals surface area (Å²) < 4.78 is 13.4. The molecule has 0 radical (unpaired) electrons. The van der Waals surface area contributed by atoms with E-state index in [1.165, 1.54) is 18.3 Å². The Hall–Kier alpha value is -3.66. The SMILES string of the molecule is NC(=O)c1ccccc1Sc1cnc(N)c(C(=O)NCc2ccc(O)c(F)c2)n1. The maximum Gasteiger partial charge on any atom is 0.274 e. The number of aromatic hydroxyl groups is 1. The average molecular weight is 413 g/mol. The van der Waals surface area contributed by atoms with Crippen molar-refractivity contribution in [2.45, 2.75) is 16.5 Å². The molecule has 0 bridgehead atoms. The first-order chi connectivity index (χ1) is 13.8. The Bertz CT molecular complexity index is 1090. The van der Waals surface area contributed by atoms with E-state index >= 15 is 0 Å². The summed E-state index contributed by atoms with van der Waals surface area (Å²) in [5.41, 5.74) is 11.8. The summed E-state index contributed by atoms with van der Waals surface area (Å²) >= 11 is 1.11. The quantitative estimate of drug-likeness (QED) is 0.484. The number of anilines is 1. The fraction of sp³-hybridized carbons (Fsp3) is 0.0526. The predicted molar refractivity (Wildman–Crippen MR) is 105 cm³/mol. The fourth-order valence-corrected chi connectivity index (χ4v) is 3.29. The van der Waals surface area contributed by atoms with Crippen LogP contribution >= 0.6 is 11.8 Å². The Kier molecular flexibility index (Phi) is 5.93. The number of carbonyl (C=O) groups is 2. The number of hydrogen-bond acceptors (Lipinski definition) is 7. The van der Waals surface area contributed by atoms with Gasteiger partial charge in [0.2, 0.25) is 5.91 Å². The van der Waals surface area contributed by atoms with Crippen LogP contribution in [0.1, 0.15) is 26.4 Å². The molecule has 0 fully saturated rings. The summed E-state index contributed by atoms with van der Waals surface area (Å²) in [5.74, 6) is -2.53. The van der Waals surface area contributed by atoms with Crippen molar-refractivity contribution in [1.82, 2.24) is 15.3 Å². The number of hydrogen-bond donors (Lipinski definition) is 4. The van der Waals surface area contributed by atoms with Crippen LogP contribution in [0.4, 0.5) is 10.2 Å². The van der Waals surface area contributed by atoms with E-state index < -0.39 is 23.4 Å². The second-order valence-electron chi connectivity index (χ2n) is 5.87. The van der Waals surface area contributed by atoms with E-state index in [1.807, 2.05) is 0 Å². The molecule has 3 rings (SSSR count). The first-order valence-electron chi connectivity index (χ1n) is 8.30. The summed E-state index contributed by atoms with van der Waals surface area (Å²) in [6.07, 6.45) is 1.38. The highest BCUT2D eigenvalue weighted by molar-refractivity contribution is 7.99. The third-order valence-corrected chi connectivity index (χ3v) is 4.81. The number of carbonyl (C=O) groups excluding carboxylic acids is 2. The zero-order valence-corrected chi connectivity index (χ0v) is 15.7. The molecule has 0 aliphatic rings. The van der Waals surface area contributed by atoms with E-state index in [0.29, 0.717) is 21.0 Å². The lowest BCUT2D eigenvalue weighted by molar-refractivity contribution is 0.0944. The highest BCUT2D eigenvalue weighted by Crippen LogP contribution is 2.29. The van der Waals surface area contributed by atoms with Crippen LogP contribution < -0.4 is 16.8 Å². The van der Waals surface area contributed by atoms with Crippen molar-refractivity contribution < 1.29 is 19.1 Å². The Labute approximate surface area is 169 Å². The van der Waals surface area contributed by atoms with Crippen molar-refractivity contribution in [2.24, 2.45) is 5.73 Å². The smallest absolute Gasteiger partial charge is 0.274 e. The zero-order chi connectivity index (χ0) is 21.0. The van der Waals surface area contributed by atoms with Gasteiger partial charge in [-0.3, -0.25) is 9.59 Å². The first kappa shape index (κ1) is 20.1. The zero-order valence-electron chi connectivity index (χ0n) is 14.9. The minimum absolute atomic E-state index is 0.000960. The molecule has 2 aromatic carbocycles. The molecule has 0 aliphatic carbocycles. The van der Waals surface area contributed by atoms with Crippen molar-refractivity contribution in [3.05, 3.63) is 71.3 Å². The first-order valence-corrected chi connectivity index (χ1v) is 9.11. The van der Waals surface area contributed by atoms with Crippen LogP contribution in [0.5, 0.6) is 5.75 Å². The lowest BCUT2D eigenvalue weighted by atomic mass is 10.2. The fourth-order valence-electron chi connectivity index (χ4n) is 2.40. The molecule has 1 aromatic heterocycles. The largest absolute Gasteiger partial charge is 0.505 e. The van der Waals surface area contributed by atoms with Crippen molar-refractivity contribution in [2.75, 3.05) is 5.73 Å². The van der Waals surface area contributed by atoms with Gasteiger partial charge in [-0.1, -0.05) is 30.0 Å². The van der Waals surface area contributed by atoms with E-state index in [4.69, 9.17) is 11.5 Å². The van der Waals surface area contributed by atoms with Gasteiger partial charge in [-0.05, 0) is 29.8 Å². The lowest BCUT2D eigenvalue weighted by Crippen LogP contribution is -2.25. The van der Waals surface area contributed by atoms with Crippen LogP contribution in [-0.2, 0) is 6.54 Å². The van der Waals surface area contributed by atoms with Crippen molar-refractivity contribution in [1.29, 1.82) is 0 Å². The third-order valence-electron chi connectivity index (χ3n) is 3.83. The molecule has 29 heavy (non-hydrogen) atoms. The number of phenols is 1. The summed E-state index contributed by atoms with van der Waals surface area (Å²) in [5, 5.41) is 12.1. The number of halogens is 1. The molecule has 0 atom stereocenters. The standard InChI is InChI=1S/C19H16FN5O3S/c20-12-7-10(5-6-13(12)26)8-24-19(28)16-17(21)23-9-15(25-16)29-14-4-2-1-3-11(14)18(22)27/h1-7,9,26H,8H2,(H2,21,23)(H2,22,27)(H,24,28). The Morgan fingerprint density at radius 2 is 1.97 bits per heavy atom. The number of rotatable bonds is 6. The van der Waals surface area contributed by atoms with Crippen LogP contribution in [0.15, 0.2) is 58.6 Å². The van der Waals surface area contributed by atoms with Gasteiger partial charge in [-0.2, -0.15) is 0 Å². The number of amides is 2. The molecule has 0 saturated heterocycles. The van der Waals surface area contributed by atoms with E-state index in [1.54, 1.807) is 24.3 Å². The van der Waals surface area contributed by atoms with Crippen LogP contribution in [0.25, 0.3) is 0 Å². The van der Waals surface area contributed by atoms with E-state index in [9.17, 15) is 19.1 Å². The molecule has 0 saturated carbocycles. The van der Waals surface area contributed by atoms with Crippen molar-refractivity contribution >= 4 is 29.4 Å². The molecule has 0 unspecified atom stereocenters. The molecule has 0 aliphatic heterocycles. The topological polar surface area (TPSA) is 144 Å². The second kappa shape index (κ2) is 8.57. The summed E-state index contributed by atoms with van der Waals surface area (Å²) in [6, 6.07) is 10.5. The van der Waals surface area contributed by atoms with Gasteiger partial charge in [-0.15, -0.1) is 0 Å². The molecule has 0 spiro atoms. The molecule has 1 heterocycles. The Morgan fingerprint density at radius 3 is 2.69 bits per heavy atom. The van der Waals surface area contributed by atoms with Gasteiger partial charge in [0.15, 0.2) is 23.1 Å². The van der Waals surface area contributed by atoms with Gasteiger partial charge in [0, 0.05) is 11.4 Å².